The van der Waals surface area contributed by atoms with Crippen LogP contribution >= 0.6 is 0 Å². The van der Waals surface area contributed by atoms with Gasteiger partial charge in [-0.1, -0.05) is 0 Å². The van der Waals surface area contributed by atoms with Crippen molar-refractivity contribution >= 4 is 0 Å². The summed E-state index contributed by atoms with van der Waals surface area (Å²) in [6.07, 6.45) is 8.14. The van der Waals surface area contributed by atoms with Gasteiger partial charge in [-0.2, -0.15) is 0 Å². The third-order valence-electron chi connectivity index (χ3n) is 4.37. The van der Waals surface area contributed by atoms with Crippen LogP contribution in [-0.4, -0.2) is 51.3 Å². The molecule has 100 valence electrons. The molecule has 2 heterocycles. The zero-order valence-electron chi connectivity index (χ0n) is 11.3. The summed E-state index contributed by atoms with van der Waals surface area (Å²) in [5, 5.41) is 3.60. The van der Waals surface area contributed by atoms with Crippen LogP contribution in [0.5, 0.6) is 0 Å². The molecule has 17 heavy (non-hydrogen) atoms. The van der Waals surface area contributed by atoms with E-state index in [0.717, 1.165) is 6.61 Å². The van der Waals surface area contributed by atoms with Crippen LogP contribution in [0.2, 0.25) is 0 Å². The summed E-state index contributed by atoms with van der Waals surface area (Å²) in [7, 11) is 1.80. The highest BCUT2D eigenvalue weighted by molar-refractivity contribution is 4.91. The molecular formula is C14H28N2O. The Kier molecular flexibility index (Phi) is 5.26. The first-order valence-corrected chi connectivity index (χ1v) is 7.27. The van der Waals surface area contributed by atoms with Crippen LogP contribution in [0.25, 0.3) is 0 Å². The van der Waals surface area contributed by atoms with Gasteiger partial charge >= 0.3 is 0 Å². The van der Waals surface area contributed by atoms with Gasteiger partial charge in [0.15, 0.2) is 0 Å². The van der Waals surface area contributed by atoms with Crippen molar-refractivity contribution in [3.63, 3.8) is 0 Å². The van der Waals surface area contributed by atoms with E-state index >= 15 is 0 Å². The van der Waals surface area contributed by atoms with Crippen LogP contribution in [-0.2, 0) is 4.74 Å². The lowest BCUT2D eigenvalue weighted by molar-refractivity contribution is 0.0621. The van der Waals surface area contributed by atoms with E-state index in [4.69, 9.17) is 4.74 Å². The third kappa shape index (κ3) is 3.94. The first kappa shape index (κ1) is 13.3. The number of methoxy groups -OCH3 is 1. The van der Waals surface area contributed by atoms with Crippen molar-refractivity contribution in [2.45, 2.75) is 38.5 Å². The number of nitrogens with one attached hydrogen (secondary N) is 1. The van der Waals surface area contributed by atoms with E-state index in [2.05, 4.69) is 10.2 Å². The van der Waals surface area contributed by atoms with Gasteiger partial charge in [-0.05, 0) is 63.6 Å². The van der Waals surface area contributed by atoms with Crippen LogP contribution in [0.15, 0.2) is 0 Å². The first-order chi connectivity index (χ1) is 8.35. The topological polar surface area (TPSA) is 24.5 Å². The standard InChI is InChI=1S/C14H28N2O/c1-17-11-3-2-9-16-10-5-7-14(13-16)6-4-8-15-12-14/h15H,2-13H2,1H3. The number of rotatable bonds is 5. The molecule has 1 unspecified atom stereocenters. The van der Waals surface area contributed by atoms with Crippen molar-refractivity contribution in [2.24, 2.45) is 5.41 Å². The van der Waals surface area contributed by atoms with Gasteiger partial charge in [0.2, 0.25) is 0 Å². The summed E-state index contributed by atoms with van der Waals surface area (Å²) in [6.45, 7) is 7.31. The van der Waals surface area contributed by atoms with Crippen molar-refractivity contribution in [2.75, 3.05) is 46.4 Å². The Morgan fingerprint density at radius 1 is 1.24 bits per heavy atom. The minimum Gasteiger partial charge on any atom is -0.385 e. The highest BCUT2D eigenvalue weighted by Crippen LogP contribution is 2.35. The molecule has 2 saturated heterocycles. The van der Waals surface area contributed by atoms with E-state index in [1.165, 1.54) is 71.2 Å². The molecule has 0 bridgehead atoms. The summed E-state index contributed by atoms with van der Waals surface area (Å²) in [4.78, 5) is 2.69. The Bertz CT molecular complexity index is 209. The maximum atomic E-state index is 5.11. The minimum atomic E-state index is 0.609. The van der Waals surface area contributed by atoms with Gasteiger partial charge in [0.25, 0.3) is 0 Å². The third-order valence-corrected chi connectivity index (χ3v) is 4.37. The molecule has 1 N–H and O–H groups in total. The fourth-order valence-corrected chi connectivity index (χ4v) is 3.46. The van der Waals surface area contributed by atoms with Crippen molar-refractivity contribution in [1.29, 1.82) is 0 Å². The Labute approximate surface area is 106 Å². The number of unbranched alkanes of at least 4 members (excludes halogenated alkanes) is 1. The number of nitrogens with zero attached hydrogens (tertiary/aromatic N) is 1. The number of likely N-dealkylation sites (tertiary alicyclic amines) is 1. The summed E-state index contributed by atoms with van der Waals surface area (Å²) in [5.74, 6) is 0. The molecule has 0 aromatic rings. The maximum Gasteiger partial charge on any atom is 0.0462 e. The van der Waals surface area contributed by atoms with Crippen molar-refractivity contribution < 1.29 is 4.74 Å². The largest absolute Gasteiger partial charge is 0.385 e. The van der Waals surface area contributed by atoms with E-state index in [1.807, 2.05) is 0 Å². The zero-order valence-corrected chi connectivity index (χ0v) is 11.3. The van der Waals surface area contributed by atoms with E-state index in [9.17, 15) is 0 Å². The zero-order chi connectivity index (χ0) is 12.0. The van der Waals surface area contributed by atoms with Crippen LogP contribution < -0.4 is 5.32 Å². The molecule has 2 aliphatic rings. The fourth-order valence-electron chi connectivity index (χ4n) is 3.46. The average molecular weight is 240 g/mol. The summed E-state index contributed by atoms with van der Waals surface area (Å²) < 4.78 is 5.11. The molecule has 1 spiro atoms. The van der Waals surface area contributed by atoms with Crippen molar-refractivity contribution in [3.05, 3.63) is 0 Å². The van der Waals surface area contributed by atoms with Gasteiger partial charge in [-0.15, -0.1) is 0 Å². The molecule has 0 aliphatic carbocycles. The predicted octanol–water partition coefficient (Wildman–Crippen LogP) is 1.88. The van der Waals surface area contributed by atoms with Crippen molar-refractivity contribution in [3.8, 4) is 0 Å². The Hall–Kier alpha value is -0.120. The Morgan fingerprint density at radius 3 is 2.88 bits per heavy atom. The quantitative estimate of drug-likeness (QED) is 0.743. The van der Waals surface area contributed by atoms with Gasteiger partial charge < -0.3 is 15.0 Å². The highest BCUT2D eigenvalue weighted by atomic mass is 16.5. The van der Waals surface area contributed by atoms with E-state index < -0.39 is 0 Å². The van der Waals surface area contributed by atoms with E-state index in [-0.39, 0.29) is 0 Å². The Balaban J connectivity index is 1.72. The number of piperidine rings is 2. The summed E-state index contributed by atoms with van der Waals surface area (Å²) in [5.41, 5.74) is 0.609. The molecule has 3 nitrogen and oxygen atoms in total. The summed E-state index contributed by atoms with van der Waals surface area (Å²) >= 11 is 0. The lowest BCUT2D eigenvalue weighted by Gasteiger charge is -2.45. The van der Waals surface area contributed by atoms with Gasteiger partial charge in [-0.3, -0.25) is 0 Å². The number of hydrogen-bond donors (Lipinski definition) is 1. The highest BCUT2D eigenvalue weighted by Gasteiger charge is 2.35. The second-order valence-electron chi connectivity index (χ2n) is 5.86. The van der Waals surface area contributed by atoms with Crippen LogP contribution in [0.4, 0.5) is 0 Å². The molecule has 0 radical (unpaired) electrons. The second kappa shape index (κ2) is 6.72. The van der Waals surface area contributed by atoms with Crippen molar-refractivity contribution in [1.82, 2.24) is 10.2 Å². The monoisotopic (exact) mass is 240 g/mol. The molecule has 0 aromatic heterocycles. The molecule has 0 amide bonds. The van der Waals surface area contributed by atoms with Crippen LogP contribution in [0, 0.1) is 5.41 Å². The molecule has 3 heteroatoms. The van der Waals surface area contributed by atoms with Gasteiger partial charge in [0.05, 0.1) is 0 Å². The molecule has 1 atom stereocenters. The maximum absolute atomic E-state index is 5.11. The SMILES string of the molecule is COCCCCN1CCCC2(CCCNC2)C1. The van der Waals surface area contributed by atoms with Crippen LogP contribution in [0.3, 0.4) is 0 Å². The van der Waals surface area contributed by atoms with Crippen LogP contribution in [0.1, 0.15) is 38.5 Å². The molecule has 0 saturated carbocycles. The fraction of sp³-hybridized carbons (Fsp3) is 1.00. The van der Waals surface area contributed by atoms with Gasteiger partial charge in [-0.25, -0.2) is 0 Å². The second-order valence-corrected chi connectivity index (χ2v) is 5.86. The number of ether oxygens (including phenoxy) is 1. The van der Waals surface area contributed by atoms with Gasteiger partial charge in [0.1, 0.15) is 0 Å². The Morgan fingerprint density at radius 2 is 2.12 bits per heavy atom. The van der Waals surface area contributed by atoms with E-state index in [0.29, 0.717) is 5.41 Å². The average Bonchev–Trinajstić information content (AvgIpc) is 2.36. The van der Waals surface area contributed by atoms with E-state index in [1.54, 1.807) is 7.11 Å². The van der Waals surface area contributed by atoms with Gasteiger partial charge in [0, 0.05) is 26.8 Å². The molecular weight excluding hydrogens is 212 g/mol. The lowest BCUT2D eigenvalue weighted by Crippen LogP contribution is -2.51. The number of hydrogen-bond acceptors (Lipinski definition) is 3. The lowest BCUT2D eigenvalue weighted by atomic mass is 9.74. The molecule has 2 fully saturated rings. The predicted molar refractivity (Wildman–Crippen MR) is 71.3 cm³/mol. The normalized spacial score (nSPS) is 30.9. The molecule has 2 aliphatic heterocycles. The first-order valence-electron chi connectivity index (χ1n) is 7.27. The smallest absolute Gasteiger partial charge is 0.0462 e. The molecule has 2 rings (SSSR count). The molecule has 0 aromatic carbocycles. The minimum absolute atomic E-state index is 0.609. The summed E-state index contributed by atoms with van der Waals surface area (Å²) in [6, 6.07) is 0.